The molecule has 0 aliphatic rings. The second-order valence-corrected chi connectivity index (χ2v) is 5.91. The van der Waals surface area contributed by atoms with Crippen LogP contribution in [0.15, 0.2) is 29.2 Å². The smallest absolute Gasteiger partial charge is 0.207 e. The van der Waals surface area contributed by atoms with Gasteiger partial charge in [-0.25, -0.2) is 4.39 Å². The molecule has 0 aliphatic heterocycles. The van der Waals surface area contributed by atoms with Crippen molar-refractivity contribution in [3.8, 4) is 0 Å². The highest BCUT2D eigenvalue weighted by Gasteiger charge is 2.05. The molecule has 0 saturated heterocycles. The van der Waals surface area contributed by atoms with Gasteiger partial charge in [-0.15, -0.1) is 15.6 Å². The molecule has 1 rings (SSSR count). The van der Waals surface area contributed by atoms with Crippen LogP contribution in [0, 0.1) is 5.82 Å². The standard InChI is InChI=1S/C10H12F2O2S2/c11-9-3-5-10(6-4-9)15-7-1-2-8-16(12,13)14/h3-6H,1-2,7-8H2. The molecule has 2 nitrogen and oxygen atoms in total. The molecule has 0 N–H and O–H groups in total. The summed E-state index contributed by atoms with van der Waals surface area (Å²) in [7, 11) is -4.33. The first-order valence-corrected chi connectivity index (χ1v) is 7.32. The summed E-state index contributed by atoms with van der Waals surface area (Å²) in [5, 5.41) is 0. The Kier molecular flexibility index (Phi) is 5.21. The number of halogens is 2. The van der Waals surface area contributed by atoms with Gasteiger partial charge in [-0.1, -0.05) is 0 Å². The number of hydrogen-bond acceptors (Lipinski definition) is 3. The van der Waals surface area contributed by atoms with E-state index in [9.17, 15) is 16.7 Å². The van der Waals surface area contributed by atoms with Gasteiger partial charge in [-0.3, -0.25) is 0 Å². The van der Waals surface area contributed by atoms with E-state index in [1.54, 1.807) is 12.1 Å². The Morgan fingerprint density at radius 2 is 1.75 bits per heavy atom. The fraction of sp³-hybridized carbons (Fsp3) is 0.400. The fourth-order valence-electron chi connectivity index (χ4n) is 1.10. The maximum Gasteiger partial charge on any atom is 0.302 e. The first-order valence-electron chi connectivity index (χ1n) is 4.78. The minimum Gasteiger partial charge on any atom is -0.207 e. The molecule has 0 radical (unpaired) electrons. The number of unbranched alkanes of at least 4 members (excludes halogenated alkanes) is 1. The summed E-state index contributed by atoms with van der Waals surface area (Å²) in [6.07, 6.45) is 0.929. The number of hydrogen-bond donors (Lipinski definition) is 0. The van der Waals surface area contributed by atoms with Crippen molar-refractivity contribution in [2.75, 3.05) is 11.5 Å². The van der Waals surface area contributed by atoms with Gasteiger partial charge in [0.15, 0.2) is 0 Å². The van der Waals surface area contributed by atoms with Gasteiger partial charge in [0.2, 0.25) is 0 Å². The lowest BCUT2D eigenvalue weighted by Gasteiger charge is -2.00. The third kappa shape index (κ3) is 6.07. The number of thioether (sulfide) groups is 1. The van der Waals surface area contributed by atoms with Crippen LogP contribution in [0.3, 0.4) is 0 Å². The first kappa shape index (κ1) is 13.4. The van der Waals surface area contributed by atoms with E-state index in [2.05, 4.69) is 0 Å². The molecule has 0 heterocycles. The van der Waals surface area contributed by atoms with Crippen LogP contribution in [-0.2, 0) is 10.2 Å². The van der Waals surface area contributed by atoms with Crippen molar-refractivity contribution < 1.29 is 16.7 Å². The van der Waals surface area contributed by atoms with E-state index in [0.29, 0.717) is 18.6 Å². The molecule has 6 heteroatoms. The molecule has 0 atom stereocenters. The predicted octanol–water partition coefficient (Wildman–Crippen LogP) is 3.00. The Morgan fingerprint density at radius 3 is 2.31 bits per heavy atom. The summed E-state index contributed by atoms with van der Waals surface area (Å²) < 4.78 is 45.0. The lowest BCUT2D eigenvalue weighted by molar-refractivity contribution is 0.549. The Labute approximate surface area is 98.3 Å². The van der Waals surface area contributed by atoms with Crippen LogP contribution >= 0.6 is 11.8 Å². The molecule has 1 aromatic rings. The van der Waals surface area contributed by atoms with Crippen LogP contribution < -0.4 is 0 Å². The number of benzene rings is 1. The molecular weight excluding hydrogens is 254 g/mol. The van der Waals surface area contributed by atoms with E-state index < -0.39 is 16.0 Å². The van der Waals surface area contributed by atoms with Gasteiger partial charge in [-0.05, 0) is 42.9 Å². The lowest BCUT2D eigenvalue weighted by atomic mass is 10.3. The third-order valence-corrected chi connectivity index (χ3v) is 3.74. The van der Waals surface area contributed by atoms with Gasteiger partial charge < -0.3 is 0 Å². The van der Waals surface area contributed by atoms with Gasteiger partial charge >= 0.3 is 10.2 Å². The summed E-state index contributed by atoms with van der Waals surface area (Å²) in [6, 6.07) is 6.06. The molecule has 0 amide bonds. The van der Waals surface area contributed by atoms with Crippen molar-refractivity contribution >= 4 is 22.0 Å². The fourth-order valence-corrected chi connectivity index (χ4v) is 2.56. The SMILES string of the molecule is O=S(=O)(F)CCCCSc1ccc(F)cc1. The summed E-state index contributed by atoms with van der Waals surface area (Å²) in [6.45, 7) is 0. The third-order valence-electron chi connectivity index (χ3n) is 1.86. The van der Waals surface area contributed by atoms with Crippen molar-refractivity contribution in [1.29, 1.82) is 0 Å². The van der Waals surface area contributed by atoms with E-state index >= 15 is 0 Å². The zero-order valence-electron chi connectivity index (χ0n) is 8.53. The van der Waals surface area contributed by atoms with Crippen LogP contribution in [0.4, 0.5) is 8.28 Å². The predicted molar refractivity (Wildman–Crippen MR) is 61.3 cm³/mol. The monoisotopic (exact) mass is 266 g/mol. The summed E-state index contributed by atoms with van der Waals surface area (Å²) in [5.74, 6) is -0.00845. The highest BCUT2D eigenvalue weighted by molar-refractivity contribution is 7.99. The maximum atomic E-state index is 12.5. The Hall–Kier alpha value is -0.620. The average molecular weight is 266 g/mol. The van der Waals surface area contributed by atoms with Crippen LogP contribution in [0.2, 0.25) is 0 Å². The minimum absolute atomic E-state index is 0.284. The molecule has 0 bridgehead atoms. The van der Waals surface area contributed by atoms with Gasteiger partial charge in [0.25, 0.3) is 0 Å². The molecular formula is C10H12F2O2S2. The van der Waals surface area contributed by atoms with Crippen molar-refractivity contribution in [1.82, 2.24) is 0 Å². The van der Waals surface area contributed by atoms with Gasteiger partial charge in [0, 0.05) is 4.90 Å². The first-order chi connectivity index (χ1) is 7.47. The molecule has 0 unspecified atom stereocenters. The quantitative estimate of drug-likeness (QED) is 0.451. The molecule has 0 fully saturated rings. The molecule has 0 aromatic heterocycles. The number of rotatable bonds is 6. The highest BCUT2D eigenvalue weighted by Crippen LogP contribution is 2.19. The van der Waals surface area contributed by atoms with Gasteiger partial charge in [0.1, 0.15) is 5.82 Å². The molecule has 90 valence electrons. The van der Waals surface area contributed by atoms with E-state index in [1.807, 2.05) is 0 Å². The maximum absolute atomic E-state index is 12.5. The summed E-state index contributed by atoms with van der Waals surface area (Å²) in [4.78, 5) is 0.921. The minimum atomic E-state index is -4.33. The van der Waals surface area contributed by atoms with Crippen molar-refractivity contribution in [2.45, 2.75) is 17.7 Å². The largest absolute Gasteiger partial charge is 0.302 e. The molecule has 1 aromatic carbocycles. The molecule has 0 aliphatic carbocycles. The van der Waals surface area contributed by atoms with E-state index in [4.69, 9.17) is 0 Å². The van der Waals surface area contributed by atoms with Crippen LogP contribution in [0.5, 0.6) is 0 Å². The van der Waals surface area contributed by atoms with Gasteiger partial charge in [0.05, 0.1) is 5.75 Å². The molecule has 0 saturated carbocycles. The van der Waals surface area contributed by atoms with Crippen molar-refractivity contribution in [2.24, 2.45) is 0 Å². The molecule has 16 heavy (non-hydrogen) atoms. The summed E-state index contributed by atoms with van der Waals surface area (Å²) in [5.41, 5.74) is 0. The normalized spacial score (nSPS) is 11.6. The highest BCUT2D eigenvalue weighted by atomic mass is 32.3. The Bertz CT molecular complexity index is 415. The second kappa shape index (κ2) is 6.20. The van der Waals surface area contributed by atoms with E-state index in [-0.39, 0.29) is 5.82 Å². The van der Waals surface area contributed by atoms with Crippen LogP contribution in [0.1, 0.15) is 12.8 Å². The Balaban J connectivity index is 2.19. The topological polar surface area (TPSA) is 34.1 Å². The van der Waals surface area contributed by atoms with E-state index in [0.717, 1.165) is 4.90 Å². The summed E-state index contributed by atoms with van der Waals surface area (Å²) >= 11 is 1.50. The zero-order chi connectivity index (χ0) is 12.0. The van der Waals surface area contributed by atoms with Gasteiger partial charge in [-0.2, -0.15) is 8.42 Å². The van der Waals surface area contributed by atoms with Crippen LogP contribution in [0.25, 0.3) is 0 Å². The van der Waals surface area contributed by atoms with Crippen molar-refractivity contribution in [3.63, 3.8) is 0 Å². The lowest BCUT2D eigenvalue weighted by Crippen LogP contribution is -1.98. The Morgan fingerprint density at radius 1 is 1.12 bits per heavy atom. The zero-order valence-corrected chi connectivity index (χ0v) is 10.2. The van der Waals surface area contributed by atoms with E-state index in [1.165, 1.54) is 23.9 Å². The van der Waals surface area contributed by atoms with Crippen molar-refractivity contribution in [3.05, 3.63) is 30.1 Å². The van der Waals surface area contributed by atoms with Crippen LogP contribution in [-0.4, -0.2) is 19.9 Å². The second-order valence-electron chi connectivity index (χ2n) is 3.25. The molecule has 0 spiro atoms. The average Bonchev–Trinajstić information content (AvgIpc) is 2.19.